The fourth-order valence-electron chi connectivity index (χ4n) is 2.90. The first-order valence-corrected chi connectivity index (χ1v) is 6.61. The minimum absolute atomic E-state index is 0.0341. The summed E-state index contributed by atoms with van der Waals surface area (Å²) in [5.74, 6) is -0.108. The number of nitrogens with one attached hydrogen (secondary N) is 1. The van der Waals surface area contributed by atoms with Crippen molar-refractivity contribution < 1.29 is 9.84 Å². The first kappa shape index (κ1) is 13.8. The number of nitrogens with two attached hydrogens (primary N) is 1. The summed E-state index contributed by atoms with van der Waals surface area (Å²) in [7, 11) is 1.59. The lowest BCUT2D eigenvalue weighted by Gasteiger charge is -2.16. The second-order valence-corrected chi connectivity index (χ2v) is 5.23. The van der Waals surface area contributed by atoms with Crippen LogP contribution in [-0.4, -0.2) is 44.4 Å². The van der Waals surface area contributed by atoms with Crippen molar-refractivity contribution in [3.63, 3.8) is 0 Å². The Morgan fingerprint density at radius 2 is 2.43 bits per heavy atom. The van der Waals surface area contributed by atoms with Crippen LogP contribution in [0.4, 0.5) is 5.95 Å². The van der Waals surface area contributed by atoms with Crippen LogP contribution >= 0.6 is 0 Å². The van der Waals surface area contributed by atoms with Crippen molar-refractivity contribution in [3.8, 4) is 0 Å². The third-order valence-electron chi connectivity index (χ3n) is 3.97. The number of H-pyrrole nitrogens is 1. The molecule has 4 N–H and O–H groups in total. The van der Waals surface area contributed by atoms with Crippen molar-refractivity contribution in [2.75, 3.05) is 19.5 Å². The molecule has 2 heterocycles. The highest BCUT2D eigenvalue weighted by Gasteiger charge is 2.38. The van der Waals surface area contributed by atoms with E-state index in [2.05, 4.69) is 21.5 Å². The summed E-state index contributed by atoms with van der Waals surface area (Å²) in [6.45, 7) is 4.46. The van der Waals surface area contributed by atoms with Crippen molar-refractivity contribution in [1.82, 2.24) is 19.5 Å². The summed E-state index contributed by atoms with van der Waals surface area (Å²) in [5, 5.41) is 10.2. The molecule has 1 aliphatic carbocycles. The number of fused-ring (bicyclic) bond motifs is 1. The van der Waals surface area contributed by atoms with Crippen molar-refractivity contribution in [2.45, 2.75) is 18.6 Å². The monoisotopic (exact) mass is 291 g/mol. The molecule has 0 unspecified atom stereocenters. The molecular weight excluding hydrogens is 274 g/mol. The molecule has 2 aromatic rings. The Kier molecular flexibility index (Phi) is 3.26. The van der Waals surface area contributed by atoms with Gasteiger partial charge in [-0.3, -0.25) is 9.78 Å². The molecule has 1 saturated carbocycles. The number of aliphatic hydroxyl groups excluding tert-OH is 1. The lowest BCUT2D eigenvalue weighted by atomic mass is 10.0. The minimum atomic E-state index is -0.542. The van der Waals surface area contributed by atoms with Gasteiger partial charge in [0.05, 0.1) is 25.1 Å². The number of rotatable bonds is 3. The molecule has 0 saturated heterocycles. The number of imidazole rings is 1. The van der Waals surface area contributed by atoms with E-state index in [1.807, 2.05) is 0 Å². The van der Waals surface area contributed by atoms with Gasteiger partial charge in [0, 0.05) is 13.0 Å². The highest BCUT2D eigenvalue weighted by atomic mass is 16.5. The van der Waals surface area contributed by atoms with E-state index in [9.17, 15) is 9.90 Å². The van der Waals surface area contributed by atoms with E-state index in [0.29, 0.717) is 18.7 Å². The van der Waals surface area contributed by atoms with Crippen molar-refractivity contribution >= 4 is 17.1 Å². The largest absolute Gasteiger partial charge is 0.392 e. The summed E-state index contributed by atoms with van der Waals surface area (Å²) in [6.07, 6.45) is 1.47. The molecule has 21 heavy (non-hydrogen) atoms. The molecule has 3 atom stereocenters. The Morgan fingerprint density at radius 3 is 3.14 bits per heavy atom. The van der Waals surface area contributed by atoms with E-state index < -0.39 is 6.10 Å². The van der Waals surface area contributed by atoms with E-state index in [1.54, 1.807) is 11.7 Å². The SMILES string of the molecule is C=C1[C@H](COC)[C@@H](O)C[C@@H]1n1cnc2c(=O)[nH]c(N)nc21. The van der Waals surface area contributed by atoms with Crippen LogP contribution in [0.25, 0.3) is 11.2 Å². The van der Waals surface area contributed by atoms with Gasteiger partial charge in [-0.05, 0) is 12.0 Å². The molecule has 0 aliphatic heterocycles. The van der Waals surface area contributed by atoms with Gasteiger partial charge in [-0.2, -0.15) is 4.98 Å². The number of anilines is 1. The van der Waals surface area contributed by atoms with Crippen LogP contribution in [0, 0.1) is 5.92 Å². The Morgan fingerprint density at radius 1 is 1.67 bits per heavy atom. The molecule has 0 aromatic carbocycles. The third kappa shape index (κ3) is 2.12. The van der Waals surface area contributed by atoms with Gasteiger partial charge in [0.1, 0.15) is 0 Å². The lowest BCUT2D eigenvalue weighted by molar-refractivity contribution is 0.0794. The smallest absolute Gasteiger partial charge is 0.280 e. The molecule has 1 aliphatic rings. The van der Waals surface area contributed by atoms with Crippen molar-refractivity contribution in [1.29, 1.82) is 0 Å². The molecule has 0 radical (unpaired) electrons. The van der Waals surface area contributed by atoms with Gasteiger partial charge in [-0.1, -0.05) is 6.58 Å². The molecule has 8 nitrogen and oxygen atoms in total. The molecule has 8 heteroatoms. The zero-order valence-electron chi connectivity index (χ0n) is 11.6. The number of ether oxygens (including phenoxy) is 1. The second kappa shape index (κ2) is 4.97. The van der Waals surface area contributed by atoms with Crippen LogP contribution in [0.15, 0.2) is 23.3 Å². The van der Waals surface area contributed by atoms with Gasteiger partial charge in [0.2, 0.25) is 5.95 Å². The van der Waals surface area contributed by atoms with Gasteiger partial charge in [0.15, 0.2) is 11.2 Å². The van der Waals surface area contributed by atoms with Gasteiger partial charge in [-0.25, -0.2) is 4.98 Å². The van der Waals surface area contributed by atoms with Crippen molar-refractivity contribution in [2.24, 2.45) is 5.92 Å². The maximum absolute atomic E-state index is 11.8. The van der Waals surface area contributed by atoms with Gasteiger partial charge in [-0.15, -0.1) is 0 Å². The van der Waals surface area contributed by atoms with Crippen LogP contribution in [0.5, 0.6) is 0 Å². The van der Waals surface area contributed by atoms with Crippen LogP contribution < -0.4 is 11.3 Å². The molecule has 2 aromatic heterocycles. The van der Waals surface area contributed by atoms with Gasteiger partial charge in [0.25, 0.3) is 5.56 Å². The highest BCUT2D eigenvalue weighted by Crippen LogP contribution is 2.40. The van der Waals surface area contributed by atoms with Crippen LogP contribution in [0.1, 0.15) is 12.5 Å². The number of hydrogen-bond acceptors (Lipinski definition) is 6. The van der Waals surface area contributed by atoms with Crippen molar-refractivity contribution in [3.05, 3.63) is 28.8 Å². The quantitative estimate of drug-likeness (QED) is 0.675. The predicted molar refractivity (Wildman–Crippen MR) is 76.7 cm³/mol. The molecule has 0 bridgehead atoms. The Labute approximate surface area is 120 Å². The first-order chi connectivity index (χ1) is 10.0. The molecule has 0 amide bonds. The summed E-state index contributed by atoms with van der Waals surface area (Å²) in [6, 6.07) is -0.182. The molecule has 0 spiro atoms. The molecule has 1 fully saturated rings. The highest BCUT2D eigenvalue weighted by molar-refractivity contribution is 5.70. The Hall–Kier alpha value is -2.19. The topological polar surface area (TPSA) is 119 Å². The summed E-state index contributed by atoms with van der Waals surface area (Å²) in [5.41, 5.74) is 6.67. The van der Waals surface area contributed by atoms with Gasteiger partial charge >= 0.3 is 0 Å². The lowest BCUT2D eigenvalue weighted by Crippen LogP contribution is -2.19. The number of aliphatic hydroxyl groups is 1. The second-order valence-electron chi connectivity index (χ2n) is 5.23. The van der Waals surface area contributed by atoms with E-state index in [1.165, 1.54) is 6.33 Å². The zero-order valence-corrected chi connectivity index (χ0v) is 11.6. The fraction of sp³-hybridized carbons (Fsp3) is 0.462. The number of aromatic amines is 1. The summed E-state index contributed by atoms with van der Waals surface area (Å²) >= 11 is 0. The van der Waals surface area contributed by atoms with Crippen LogP contribution in [0.2, 0.25) is 0 Å². The maximum Gasteiger partial charge on any atom is 0.280 e. The Balaban J connectivity index is 2.06. The van der Waals surface area contributed by atoms with Crippen LogP contribution in [-0.2, 0) is 4.74 Å². The van der Waals surface area contributed by atoms with E-state index in [-0.39, 0.29) is 29.0 Å². The Bertz CT molecular complexity index is 750. The normalized spacial score (nSPS) is 25.8. The molecule has 3 rings (SSSR count). The van der Waals surface area contributed by atoms with E-state index in [0.717, 1.165) is 5.57 Å². The third-order valence-corrected chi connectivity index (χ3v) is 3.97. The number of methoxy groups -OCH3 is 1. The van der Waals surface area contributed by atoms with Gasteiger partial charge < -0.3 is 20.1 Å². The summed E-state index contributed by atoms with van der Waals surface area (Å²) < 4.78 is 6.86. The fourth-order valence-corrected chi connectivity index (χ4v) is 2.90. The predicted octanol–water partition coefficient (Wildman–Crippen LogP) is -0.174. The minimum Gasteiger partial charge on any atom is -0.392 e. The molecular formula is C13H17N5O3. The number of aromatic nitrogens is 4. The number of nitrogens with zero attached hydrogens (tertiary/aromatic N) is 3. The number of hydrogen-bond donors (Lipinski definition) is 3. The zero-order chi connectivity index (χ0) is 15.1. The average Bonchev–Trinajstić information content (AvgIpc) is 2.95. The average molecular weight is 291 g/mol. The standard InChI is InChI=1S/C13H17N5O3/c1-6-7(4-21-2)9(19)3-8(6)18-5-15-10-11(18)16-13(14)17-12(10)20/h5,7-9,19H,1,3-4H2,2H3,(H3,14,16,17,20)/t7-,8-,9-/m0/s1. The molecule has 112 valence electrons. The maximum atomic E-state index is 11.8. The summed E-state index contributed by atoms with van der Waals surface area (Å²) in [4.78, 5) is 22.4. The number of nitrogen functional groups attached to an aromatic ring is 1. The van der Waals surface area contributed by atoms with E-state index >= 15 is 0 Å². The van der Waals surface area contributed by atoms with E-state index in [4.69, 9.17) is 10.5 Å². The first-order valence-electron chi connectivity index (χ1n) is 6.61. The van der Waals surface area contributed by atoms with Crippen LogP contribution in [0.3, 0.4) is 0 Å².